The number of nitrogens with one attached hydrogen (secondary N) is 1. The summed E-state index contributed by atoms with van der Waals surface area (Å²) in [7, 11) is 0. The molecule has 0 fully saturated rings. The maximum atomic E-state index is 13.5. The molecule has 0 spiro atoms. The summed E-state index contributed by atoms with van der Waals surface area (Å²) in [6.45, 7) is 7.94. The zero-order valence-corrected chi connectivity index (χ0v) is 18.8. The molecule has 31 heavy (non-hydrogen) atoms. The van der Waals surface area contributed by atoms with Crippen molar-refractivity contribution in [2.45, 2.75) is 32.6 Å². The van der Waals surface area contributed by atoms with E-state index >= 15 is 0 Å². The summed E-state index contributed by atoms with van der Waals surface area (Å²) in [5, 5.41) is 3.21. The molecule has 5 heteroatoms. The van der Waals surface area contributed by atoms with Crippen molar-refractivity contribution in [1.82, 2.24) is 0 Å². The van der Waals surface area contributed by atoms with E-state index in [1.807, 2.05) is 94.4 Å². The molecule has 1 aliphatic heterocycles. The lowest BCUT2D eigenvalue weighted by Crippen LogP contribution is -2.33. The van der Waals surface area contributed by atoms with Crippen LogP contribution in [0.4, 0.5) is 11.4 Å². The van der Waals surface area contributed by atoms with Gasteiger partial charge in [-0.05, 0) is 63.6 Å². The molecule has 0 radical (unpaired) electrons. The van der Waals surface area contributed by atoms with Gasteiger partial charge in [-0.2, -0.15) is 0 Å². The minimum Gasteiger partial charge on any atom is -0.350 e. The summed E-state index contributed by atoms with van der Waals surface area (Å²) in [6.07, 6.45) is 0. The zero-order chi connectivity index (χ0) is 22.1. The van der Waals surface area contributed by atoms with Crippen LogP contribution in [0.1, 0.15) is 22.3 Å². The Morgan fingerprint density at radius 1 is 0.710 bits per heavy atom. The Labute approximate surface area is 187 Å². The Bertz CT molecular complexity index is 1130. The van der Waals surface area contributed by atoms with Crippen LogP contribution >= 0.6 is 11.8 Å². The molecule has 156 valence electrons. The van der Waals surface area contributed by atoms with Crippen LogP contribution < -0.4 is 10.2 Å². The summed E-state index contributed by atoms with van der Waals surface area (Å²) in [5.74, 6) is -0.649. The Kier molecular flexibility index (Phi) is 5.70. The molecule has 1 aliphatic rings. The molecule has 3 aromatic carbocycles. The molecule has 0 saturated carbocycles. The molecule has 2 amide bonds. The van der Waals surface area contributed by atoms with E-state index in [9.17, 15) is 9.59 Å². The van der Waals surface area contributed by atoms with Gasteiger partial charge in [0.05, 0.1) is 5.69 Å². The third kappa shape index (κ3) is 4.28. The Balaban J connectivity index is 1.76. The fraction of sp³-hybridized carbons (Fsp3) is 0.154. The molecule has 4 rings (SSSR count). The molecule has 0 unspecified atom stereocenters. The van der Waals surface area contributed by atoms with Crippen LogP contribution in [-0.2, 0) is 9.59 Å². The minimum absolute atomic E-state index is 0.305. The molecule has 0 saturated heterocycles. The number of imide groups is 1. The van der Waals surface area contributed by atoms with Crippen molar-refractivity contribution in [3.8, 4) is 0 Å². The number of benzene rings is 3. The van der Waals surface area contributed by atoms with E-state index in [-0.39, 0.29) is 11.8 Å². The molecular weight excluding hydrogens is 404 g/mol. The fourth-order valence-corrected chi connectivity index (χ4v) is 4.42. The van der Waals surface area contributed by atoms with Gasteiger partial charge in [0.2, 0.25) is 0 Å². The maximum Gasteiger partial charge on any atom is 0.283 e. The third-order valence-corrected chi connectivity index (χ3v) is 6.29. The van der Waals surface area contributed by atoms with Gasteiger partial charge in [0.15, 0.2) is 0 Å². The lowest BCUT2D eigenvalue weighted by molar-refractivity contribution is -0.120. The van der Waals surface area contributed by atoms with Crippen LogP contribution in [0.2, 0.25) is 0 Å². The third-order valence-electron chi connectivity index (χ3n) is 5.20. The first-order valence-electron chi connectivity index (χ1n) is 10.1. The van der Waals surface area contributed by atoms with Crippen LogP contribution in [0.3, 0.4) is 0 Å². The van der Waals surface area contributed by atoms with E-state index in [4.69, 9.17) is 0 Å². The average molecular weight is 429 g/mol. The number of thioether (sulfide) groups is 1. The number of carbonyl (C=O) groups excluding carboxylic acids is 2. The predicted octanol–water partition coefficient (Wildman–Crippen LogP) is 5.91. The quantitative estimate of drug-likeness (QED) is 0.513. The van der Waals surface area contributed by atoms with Crippen LogP contribution in [0.5, 0.6) is 0 Å². The van der Waals surface area contributed by atoms with Gasteiger partial charge >= 0.3 is 0 Å². The van der Waals surface area contributed by atoms with Gasteiger partial charge < -0.3 is 5.32 Å². The number of rotatable bonds is 5. The number of amides is 2. The average Bonchev–Trinajstić information content (AvgIpc) is 2.96. The lowest BCUT2D eigenvalue weighted by Gasteiger charge is -2.18. The van der Waals surface area contributed by atoms with Gasteiger partial charge in [-0.15, -0.1) is 0 Å². The smallest absolute Gasteiger partial charge is 0.283 e. The largest absolute Gasteiger partial charge is 0.350 e. The minimum atomic E-state index is -0.341. The van der Waals surface area contributed by atoms with E-state index in [1.54, 1.807) is 0 Å². The van der Waals surface area contributed by atoms with Gasteiger partial charge in [-0.3, -0.25) is 9.59 Å². The molecule has 0 aromatic heterocycles. The van der Waals surface area contributed by atoms with Crippen molar-refractivity contribution in [3.63, 3.8) is 0 Å². The van der Waals surface area contributed by atoms with Gasteiger partial charge in [0.1, 0.15) is 10.6 Å². The van der Waals surface area contributed by atoms with Crippen LogP contribution in [0, 0.1) is 27.7 Å². The monoisotopic (exact) mass is 428 g/mol. The molecule has 4 nitrogen and oxygen atoms in total. The SMILES string of the molecule is Cc1ccc(NC2=C(Sc3ccc(C)cc3)C(=O)N(c3ccc(C)cc3C)C2=O)cc1. The van der Waals surface area contributed by atoms with E-state index in [2.05, 4.69) is 5.32 Å². The van der Waals surface area contributed by atoms with Gasteiger partial charge in [-0.1, -0.05) is 64.9 Å². The highest BCUT2D eigenvalue weighted by Crippen LogP contribution is 2.38. The first-order valence-corrected chi connectivity index (χ1v) is 10.9. The predicted molar refractivity (Wildman–Crippen MR) is 127 cm³/mol. The van der Waals surface area contributed by atoms with Gasteiger partial charge in [0, 0.05) is 10.6 Å². The van der Waals surface area contributed by atoms with Crippen molar-refractivity contribution < 1.29 is 9.59 Å². The normalized spacial score (nSPS) is 13.9. The van der Waals surface area contributed by atoms with Crippen molar-refractivity contribution in [1.29, 1.82) is 0 Å². The number of hydrogen-bond acceptors (Lipinski definition) is 4. The number of aryl methyl sites for hydroxylation is 4. The van der Waals surface area contributed by atoms with Crippen LogP contribution in [0.25, 0.3) is 0 Å². The second-order valence-corrected chi connectivity index (χ2v) is 8.93. The van der Waals surface area contributed by atoms with Gasteiger partial charge in [-0.25, -0.2) is 4.90 Å². The summed E-state index contributed by atoms with van der Waals surface area (Å²) >= 11 is 1.31. The second-order valence-electron chi connectivity index (χ2n) is 7.85. The molecule has 0 bridgehead atoms. The molecule has 0 atom stereocenters. The fourth-order valence-electron chi connectivity index (χ4n) is 3.50. The number of carbonyl (C=O) groups is 2. The first-order chi connectivity index (χ1) is 14.8. The standard InChI is InChI=1S/C26H24N2O2S/c1-16-5-10-20(11-6-16)27-23-24(31-21-12-7-17(2)8-13-21)26(30)28(25(23)29)22-14-9-18(3)15-19(22)4/h5-15,27H,1-4H3. The van der Waals surface area contributed by atoms with Crippen LogP contribution in [0.15, 0.2) is 82.2 Å². The molecule has 1 N–H and O–H groups in total. The van der Waals surface area contributed by atoms with E-state index in [0.717, 1.165) is 32.8 Å². The first kappa shape index (κ1) is 20.9. The van der Waals surface area contributed by atoms with Crippen molar-refractivity contribution in [2.24, 2.45) is 0 Å². The highest BCUT2D eigenvalue weighted by atomic mass is 32.2. The molecular formula is C26H24N2O2S. The molecule has 3 aromatic rings. The number of anilines is 2. The zero-order valence-electron chi connectivity index (χ0n) is 18.0. The van der Waals surface area contributed by atoms with E-state index in [0.29, 0.717) is 16.3 Å². The lowest BCUT2D eigenvalue weighted by atomic mass is 10.1. The maximum absolute atomic E-state index is 13.5. The van der Waals surface area contributed by atoms with Crippen molar-refractivity contribution in [3.05, 3.63) is 99.6 Å². The molecule has 1 heterocycles. The van der Waals surface area contributed by atoms with E-state index < -0.39 is 0 Å². The highest BCUT2D eigenvalue weighted by molar-refractivity contribution is 8.04. The summed E-state index contributed by atoms with van der Waals surface area (Å²) < 4.78 is 0. The molecule has 0 aliphatic carbocycles. The Hall–Kier alpha value is -3.31. The van der Waals surface area contributed by atoms with Crippen molar-refractivity contribution >= 4 is 35.0 Å². The Morgan fingerprint density at radius 3 is 1.90 bits per heavy atom. The topological polar surface area (TPSA) is 49.4 Å². The summed E-state index contributed by atoms with van der Waals surface area (Å²) in [4.78, 5) is 29.5. The summed E-state index contributed by atoms with van der Waals surface area (Å²) in [5.41, 5.74) is 5.93. The van der Waals surface area contributed by atoms with Crippen molar-refractivity contribution in [2.75, 3.05) is 10.2 Å². The van der Waals surface area contributed by atoms with E-state index in [1.165, 1.54) is 16.7 Å². The van der Waals surface area contributed by atoms with Crippen LogP contribution in [-0.4, -0.2) is 11.8 Å². The highest BCUT2D eigenvalue weighted by Gasteiger charge is 2.40. The number of nitrogens with zero attached hydrogens (tertiary/aromatic N) is 1. The van der Waals surface area contributed by atoms with Gasteiger partial charge in [0.25, 0.3) is 11.8 Å². The second kappa shape index (κ2) is 8.44. The Morgan fingerprint density at radius 2 is 1.29 bits per heavy atom. The summed E-state index contributed by atoms with van der Waals surface area (Å²) in [6, 6.07) is 21.4. The number of hydrogen-bond donors (Lipinski definition) is 1.